The number of aromatic nitrogens is 4. The predicted molar refractivity (Wildman–Crippen MR) is 190 cm³/mol. The molecule has 0 amide bonds. The van der Waals surface area contributed by atoms with Gasteiger partial charge in [-0.15, -0.1) is 0 Å². The molecule has 6 rings (SSSR count). The fourth-order valence-electron chi connectivity index (χ4n) is 6.12. The maximum absolute atomic E-state index is 5.83. The number of likely N-dealkylation sites (N-methyl/N-ethyl adjacent to an activating group) is 1. The van der Waals surface area contributed by atoms with Gasteiger partial charge in [-0.25, -0.2) is 4.98 Å². The molecule has 13 heteroatoms. The number of fused-ring (bicyclic) bond motifs is 1. The third-order valence-electron chi connectivity index (χ3n) is 8.56. The van der Waals surface area contributed by atoms with Gasteiger partial charge in [0.2, 0.25) is 5.95 Å². The number of piperidine rings is 1. The van der Waals surface area contributed by atoms with Crippen LogP contribution in [-0.2, 0) is 0 Å². The van der Waals surface area contributed by atoms with Gasteiger partial charge in [0.15, 0.2) is 0 Å². The zero-order valence-electron chi connectivity index (χ0n) is 26.3. The highest BCUT2D eigenvalue weighted by Gasteiger charge is 2.27. The summed E-state index contributed by atoms with van der Waals surface area (Å²) in [7, 11) is 5.96. The van der Waals surface area contributed by atoms with E-state index >= 15 is 0 Å². The summed E-state index contributed by atoms with van der Waals surface area (Å²) in [6.45, 7) is 8.91. The second kappa shape index (κ2) is 14.4. The normalized spacial score (nSPS) is 16.6. The van der Waals surface area contributed by atoms with E-state index in [1.165, 1.54) is 44.7 Å². The van der Waals surface area contributed by atoms with E-state index in [4.69, 9.17) is 9.72 Å². The van der Waals surface area contributed by atoms with Gasteiger partial charge < -0.3 is 29.5 Å². The van der Waals surface area contributed by atoms with Gasteiger partial charge in [0.25, 0.3) is 0 Å². The molecule has 2 aromatic heterocycles. The number of benzene rings is 2. The second-order valence-electron chi connectivity index (χ2n) is 11.4. The number of piperazine rings is 1. The molecule has 2 saturated heterocycles. The summed E-state index contributed by atoms with van der Waals surface area (Å²) >= 11 is 5.33. The molecule has 2 fully saturated rings. The van der Waals surface area contributed by atoms with E-state index in [0.717, 1.165) is 57.2 Å². The summed E-state index contributed by atoms with van der Waals surface area (Å²) in [4.78, 5) is 26.1. The summed E-state index contributed by atoms with van der Waals surface area (Å²) in [6, 6.07) is 11.0. The Morgan fingerprint density at radius 1 is 0.978 bits per heavy atom. The lowest BCUT2D eigenvalue weighted by atomic mass is 10.0. The minimum Gasteiger partial charge on any atom is -0.494 e. The molecule has 0 saturated carbocycles. The van der Waals surface area contributed by atoms with Crippen LogP contribution in [0.25, 0.3) is 11.0 Å². The van der Waals surface area contributed by atoms with Gasteiger partial charge in [-0.1, -0.05) is 18.9 Å². The monoisotopic (exact) mass is 692 g/mol. The SMILES string of the molecule is CCSN(C)c1c(Nc2nc(Nc3ccc(N4CCC(N5CCN(C)CC5)CC4)cc3OC)ncc2Br)ccc2nccnc12. The maximum Gasteiger partial charge on any atom is 0.229 e. The van der Waals surface area contributed by atoms with Crippen LogP contribution in [-0.4, -0.2) is 102 Å². The Morgan fingerprint density at radius 3 is 2.49 bits per heavy atom. The van der Waals surface area contributed by atoms with E-state index in [1.54, 1.807) is 37.6 Å². The molecule has 4 heterocycles. The van der Waals surface area contributed by atoms with Crippen molar-refractivity contribution in [1.82, 2.24) is 29.7 Å². The van der Waals surface area contributed by atoms with Crippen LogP contribution in [0, 0.1) is 0 Å². The van der Waals surface area contributed by atoms with Crippen LogP contribution < -0.4 is 24.6 Å². The summed E-state index contributed by atoms with van der Waals surface area (Å²) in [5, 5.41) is 6.88. The predicted octanol–water partition coefficient (Wildman–Crippen LogP) is 6.00. The van der Waals surface area contributed by atoms with Crippen molar-refractivity contribution >= 4 is 73.4 Å². The molecule has 45 heavy (non-hydrogen) atoms. The average Bonchev–Trinajstić information content (AvgIpc) is 3.07. The molecule has 2 aliphatic heterocycles. The van der Waals surface area contributed by atoms with E-state index in [9.17, 15) is 0 Å². The third-order valence-corrected chi connectivity index (χ3v) is 9.97. The van der Waals surface area contributed by atoms with E-state index in [2.05, 4.69) is 92.7 Å². The summed E-state index contributed by atoms with van der Waals surface area (Å²) in [6.07, 6.45) is 7.55. The van der Waals surface area contributed by atoms with Crippen LogP contribution in [0.4, 0.5) is 34.5 Å². The smallest absolute Gasteiger partial charge is 0.229 e. The fraction of sp³-hybridized carbons (Fsp3) is 0.438. The van der Waals surface area contributed by atoms with Crippen molar-refractivity contribution in [2.45, 2.75) is 25.8 Å². The van der Waals surface area contributed by atoms with Crippen LogP contribution in [0.15, 0.2) is 53.4 Å². The number of hydrogen-bond donors (Lipinski definition) is 2. The largest absolute Gasteiger partial charge is 0.494 e. The molecule has 11 nitrogen and oxygen atoms in total. The first-order chi connectivity index (χ1) is 21.9. The quantitative estimate of drug-likeness (QED) is 0.191. The molecule has 0 radical (unpaired) electrons. The molecule has 0 atom stereocenters. The number of halogens is 1. The van der Waals surface area contributed by atoms with Crippen molar-refractivity contribution in [3.05, 3.63) is 53.4 Å². The Kier molecular flexibility index (Phi) is 10.1. The number of rotatable bonds is 10. The first kappa shape index (κ1) is 31.6. The van der Waals surface area contributed by atoms with Crippen LogP contribution in [0.5, 0.6) is 5.75 Å². The second-order valence-corrected chi connectivity index (χ2v) is 13.6. The topological polar surface area (TPSA) is 97.8 Å². The summed E-state index contributed by atoms with van der Waals surface area (Å²) < 4.78 is 8.69. The van der Waals surface area contributed by atoms with Gasteiger partial charge in [-0.2, -0.15) is 4.98 Å². The van der Waals surface area contributed by atoms with Gasteiger partial charge in [0.1, 0.15) is 17.1 Å². The molecule has 4 aromatic rings. The number of methoxy groups -OCH3 is 1. The highest BCUT2D eigenvalue weighted by Crippen LogP contribution is 2.38. The molecule has 0 spiro atoms. The molecule has 2 aromatic carbocycles. The van der Waals surface area contributed by atoms with Crippen molar-refractivity contribution in [1.29, 1.82) is 0 Å². The standard InChI is InChI=1S/C32H41BrN10OS/c1-5-45-41(3)30-27(9-8-26-29(30)35-13-12-34-26)37-31-24(33)21-36-32(39-31)38-25-7-6-23(20-28(25)44-4)42-14-10-22(11-15-42)43-18-16-40(2)17-19-43/h6-9,12-13,20-22H,5,10-11,14-19H2,1-4H3,(H2,36,37,38,39). The third kappa shape index (κ3) is 7.21. The molecule has 238 valence electrons. The van der Waals surface area contributed by atoms with Crippen molar-refractivity contribution < 1.29 is 4.74 Å². The summed E-state index contributed by atoms with van der Waals surface area (Å²) in [5.74, 6) is 2.76. The van der Waals surface area contributed by atoms with Crippen molar-refractivity contribution in [3.63, 3.8) is 0 Å². The molecular weight excluding hydrogens is 652 g/mol. The molecule has 2 N–H and O–H groups in total. The van der Waals surface area contributed by atoms with Crippen LogP contribution in [0.1, 0.15) is 19.8 Å². The van der Waals surface area contributed by atoms with Crippen LogP contribution >= 0.6 is 27.9 Å². The lowest BCUT2D eigenvalue weighted by Crippen LogP contribution is -2.52. The Hall–Kier alpha value is -3.39. The van der Waals surface area contributed by atoms with Gasteiger partial charge in [-0.3, -0.25) is 14.9 Å². The molecule has 0 bridgehead atoms. The molecule has 2 aliphatic rings. The van der Waals surface area contributed by atoms with Gasteiger partial charge >= 0.3 is 0 Å². The summed E-state index contributed by atoms with van der Waals surface area (Å²) in [5.41, 5.74) is 5.45. The minimum atomic E-state index is 0.457. The number of ether oxygens (including phenoxy) is 1. The highest BCUT2D eigenvalue weighted by atomic mass is 79.9. The van der Waals surface area contributed by atoms with E-state index < -0.39 is 0 Å². The first-order valence-electron chi connectivity index (χ1n) is 15.5. The van der Waals surface area contributed by atoms with Crippen LogP contribution in [0.2, 0.25) is 0 Å². The van der Waals surface area contributed by atoms with Crippen molar-refractivity contribution in [2.24, 2.45) is 0 Å². The fourth-order valence-corrected chi connectivity index (χ4v) is 7.11. The zero-order chi connectivity index (χ0) is 31.3. The number of nitrogens with zero attached hydrogens (tertiary/aromatic N) is 8. The van der Waals surface area contributed by atoms with Gasteiger partial charge in [-0.05, 0) is 60.1 Å². The minimum absolute atomic E-state index is 0.457. The van der Waals surface area contributed by atoms with Gasteiger partial charge in [0, 0.05) is 88.5 Å². The number of hydrogen-bond acceptors (Lipinski definition) is 12. The lowest BCUT2D eigenvalue weighted by Gasteiger charge is -2.42. The van der Waals surface area contributed by atoms with E-state index in [0.29, 0.717) is 17.8 Å². The number of anilines is 6. The average molecular weight is 694 g/mol. The van der Waals surface area contributed by atoms with E-state index in [-0.39, 0.29) is 0 Å². The van der Waals surface area contributed by atoms with Crippen molar-refractivity contribution in [3.8, 4) is 5.75 Å². The Balaban J connectivity index is 1.17. The maximum atomic E-state index is 5.83. The highest BCUT2D eigenvalue weighted by molar-refractivity contribution is 9.10. The van der Waals surface area contributed by atoms with Crippen molar-refractivity contribution in [2.75, 3.05) is 86.1 Å². The number of nitrogens with one attached hydrogen (secondary N) is 2. The molecule has 0 aliphatic carbocycles. The molecule has 0 unspecified atom stereocenters. The lowest BCUT2D eigenvalue weighted by molar-refractivity contribution is 0.0982. The Morgan fingerprint density at radius 2 is 1.73 bits per heavy atom. The Bertz CT molecular complexity index is 1610. The zero-order valence-corrected chi connectivity index (χ0v) is 28.7. The molecular formula is C32H41BrN10OS. The van der Waals surface area contributed by atoms with E-state index in [1.807, 2.05) is 19.2 Å². The first-order valence-corrected chi connectivity index (χ1v) is 17.2. The van der Waals surface area contributed by atoms with Gasteiger partial charge in [0.05, 0.1) is 34.2 Å². The Labute approximate surface area is 278 Å². The van der Waals surface area contributed by atoms with Crippen LogP contribution in [0.3, 0.4) is 0 Å².